The van der Waals surface area contributed by atoms with Gasteiger partial charge in [0.15, 0.2) is 0 Å². The van der Waals surface area contributed by atoms with Crippen LogP contribution in [0.15, 0.2) is 36.4 Å². The number of hydrogen-bond donors (Lipinski definition) is 1. The second kappa shape index (κ2) is 10.8. The second-order valence-electron chi connectivity index (χ2n) is 6.60. The van der Waals surface area contributed by atoms with Crippen LogP contribution >= 0.6 is 34.8 Å². The van der Waals surface area contributed by atoms with Gasteiger partial charge in [-0.2, -0.15) is 0 Å². The number of carbonyl (C=O) groups is 2. The Labute approximate surface area is 184 Å². The first kappa shape index (κ1) is 23.5. The molecule has 2 aromatic carbocycles. The molecule has 29 heavy (non-hydrogen) atoms. The van der Waals surface area contributed by atoms with Gasteiger partial charge in [0.1, 0.15) is 11.9 Å². The highest BCUT2D eigenvalue weighted by atomic mass is 35.5. The molecule has 4 nitrogen and oxygen atoms in total. The van der Waals surface area contributed by atoms with Crippen molar-refractivity contribution in [2.24, 2.45) is 0 Å². The summed E-state index contributed by atoms with van der Waals surface area (Å²) >= 11 is 18.3. The summed E-state index contributed by atoms with van der Waals surface area (Å²) < 4.78 is 14.2. The van der Waals surface area contributed by atoms with Crippen LogP contribution in [0, 0.1) is 5.82 Å². The summed E-state index contributed by atoms with van der Waals surface area (Å²) in [7, 11) is 0. The molecule has 0 aliphatic rings. The fourth-order valence-corrected chi connectivity index (χ4v) is 3.46. The Bertz CT molecular complexity index is 872. The highest BCUT2D eigenvalue weighted by Gasteiger charge is 2.27. The van der Waals surface area contributed by atoms with Gasteiger partial charge in [-0.1, -0.05) is 53.9 Å². The topological polar surface area (TPSA) is 49.4 Å². The molecule has 0 spiro atoms. The number of carbonyl (C=O) groups excluding carboxylic acids is 2. The summed E-state index contributed by atoms with van der Waals surface area (Å²) in [5.41, 5.74) is 0.715. The van der Waals surface area contributed by atoms with Crippen LogP contribution in [-0.2, 0) is 22.6 Å². The summed E-state index contributed by atoms with van der Waals surface area (Å²) in [6.07, 6.45) is 0.488. The van der Waals surface area contributed by atoms with E-state index in [1.165, 1.54) is 23.1 Å². The van der Waals surface area contributed by atoms with Gasteiger partial charge in [0.05, 0.1) is 6.42 Å². The predicted molar refractivity (Wildman–Crippen MR) is 115 cm³/mol. The quantitative estimate of drug-likeness (QED) is 0.584. The molecule has 0 heterocycles. The van der Waals surface area contributed by atoms with Gasteiger partial charge in [0.25, 0.3) is 0 Å². The molecule has 0 saturated carbocycles. The molecular formula is C21H22Cl3FN2O2. The lowest BCUT2D eigenvalue weighted by atomic mass is 10.1. The largest absolute Gasteiger partial charge is 0.354 e. The van der Waals surface area contributed by atoms with Crippen LogP contribution in [0.5, 0.6) is 0 Å². The van der Waals surface area contributed by atoms with E-state index < -0.39 is 17.8 Å². The van der Waals surface area contributed by atoms with Crippen molar-refractivity contribution < 1.29 is 14.0 Å². The maximum Gasteiger partial charge on any atom is 0.242 e. The van der Waals surface area contributed by atoms with Crippen LogP contribution in [0.3, 0.4) is 0 Å². The van der Waals surface area contributed by atoms with Gasteiger partial charge in [-0.25, -0.2) is 4.39 Å². The minimum Gasteiger partial charge on any atom is -0.354 e. The molecule has 8 heteroatoms. The number of amides is 2. The molecule has 2 aromatic rings. The predicted octanol–water partition coefficient (Wildman–Crippen LogP) is 5.27. The minimum absolute atomic E-state index is 0.0711. The lowest BCUT2D eigenvalue weighted by Crippen LogP contribution is -2.48. The fourth-order valence-electron chi connectivity index (χ4n) is 2.77. The first-order chi connectivity index (χ1) is 13.7. The Morgan fingerprint density at radius 3 is 2.48 bits per heavy atom. The van der Waals surface area contributed by atoms with Crippen molar-refractivity contribution in [3.63, 3.8) is 0 Å². The van der Waals surface area contributed by atoms with E-state index in [0.29, 0.717) is 22.2 Å². The molecule has 0 saturated heterocycles. The minimum atomic E-state index is -0.786. The van der Waals surface area contributed by atoms with Gasteiger partial charge in [-0.05, 0) is 43.2 Å². The molecule has 0 radical (unpaired) electrons. The van der Waals surface area contributed by atoms with Crippen molar-refractivity contribution in [1.29, 1.82) is 0 Å². The van der Waals surface area contributed by atoms with Crippen molar-refractivity contribution in [3.8, 4) is 0 Å². The number of rotatable bonds is 8. The maximum absolute atomic E-state index is 14.2. The van der Waals surface area contributed by atoms with Gasteiger partial charge in [-0.15, -0.1) is 0 Å². The number of nitrogens with zero attached hydrogens (tertiary/aromatic N) is 1. The normalized spacial score (nSPS) is 11.8. The molecule has 2 amide bonds. The summed E-state index contributed by atoms with van der Waals surface area (Å²) in [5, 5.41) is 3.77. The Morgan fingerprint density at radius 1 is 1.14 bits per heavy atom. The molecule has 0 aliphatic heterocycles. The molecule has 0 bridgehead atoms. The van der Waals surface area contributed by atoms with Crippen LogP contribution in [-0.4, -0.2) is 29.3 Å². The standard InChI is InChI=1S/C21H22Cl3FN2O2/c1-3-9-26-21(29)13(2)27(12-14-7-8-15(22)10-18(14)24)20(28)11-16-17(23)5-4-6-19(16)25/h4-8,10,13H,3,9,11-12H2,1-2H3,(H,26,29)/t13-/m1/s1. The molecule has 0 fully saturated rings. The Kier molecular flexibility index (Phi) is 8.75. The molecule has 0 aliphatic carbocycles. The lowest BCUT2D eigenvalue weighted by molar-refractivity contribution is -0.140. The van der Waals surface area contributed by atoms with Crippen molar-refractivity contribution in [2.45, 2.75) is 39.3 Å². The van der Waals surface area contributed by atoms with E-state index in [1.807, 2.05) is 6.92 Å². The third-order valence-electron chi connectivity index (χ3n) is 4.46. The third-order valence-corrected chi connectivity index (χ3v) is 5.40. The highest BCUT2D eigenvalue weighted by molar-refractivity contribution is 6.35. The molecule has 156 valence electrons. The summed E-state index contributed by atoms with van der Waals surface area (Å²) in [4.78, 5) is 26.9. The highest BCUT2D eigenvalue weighted by Crippen LogP contribution is 2.25. The van der Waals surface area contributed by atoms with E-state index >= 15 is 0 Å². The van der Waals surface area contributed by atoms with E-state index in [0.717, 1.165) is 6.42 Å². The number of hydrogen-bond acceptors (Lipinski definition) is 2. The zero-order valence-corrected chi connectivity index (χ0v) is 18.4. The number of nitrogens with one attached hydrogen (secondary N) is 1. The molecule has 0 aromatic heterocycles. The van der Waals surface area contributed by atoms with E-state index in [1.54, 1.807) is 25.1 Å². The Balaban J connectivity index is 2.32. The van der Waals surface area contributed by atoms with Crippen LogP contribution in [0.1, 0.15) is 31.4 Å². The maximum atomic E-state index is 14.2. The SMILES string of the molecule is CCCNC(=O)[C@@H](C)N(Cc1ccc(Cl)cc1Cl)C(=O)Cc1c(F)cccc1Cl. The monoisotopic (exact) mass is 458 g/mol. The number of halogens is 4. The van der Waals surface area contributed by atoms with Gasteiger partial charge in [0.2, 0.25) is 11.8 Å². The van der Waals surface area contributed by atoms with Crippen LogP contribution in [0.25, 0.3) is 0 Å². The van der Waals surface area contributed by atoms with E-state index in [2.05, 4.69) is 5.32 Å². The zero-order valence-electron chi connectivity index (χ0n) is 16.1. The Hall–Kier alpha value is -1.82. The van der Waals surface area contributed by atoms with E-state index in [4.69, 9.17) is 34.8 Å². The van der Waals surface area contributed by atoms with Crippen molar-refractivity contribution >= 4 is 46.6 Å². The van der Waals surface area contributed by atoms with Gasteiger partial charge in [-0.3, -0.25) is 9.59 Å². The molecule has 0 unspecified atom stereocenters. The van der Waals surface area contributed by atoms with Gasteiger partial charge >= 0.3 is 0 Å². The zero-order chi connectivity index (χ0) is 21.6. The van der Waals surface area contributed by atoms with E-state index in [-0.39, 0.29) is 29.5 Å². The second-order valence-corrected chi connectivity index (χ2v) is 7.85. The van der Waals surface area contributed by atoms with Gasteiger partial charge < -0.3 is 10.2 Å². The fraction of sp³-hybridized carbons (Fsp3) is 0.333. The van der Waals surface area contributed by atoms with Gasteiger partial charge in [0, 0.05) is 33.7 Å². The Morgan fingerprint density at radius 2 is 1.86 bits per heavy atom. The van der Waals surface area contributed by atoms with Crippen LogP contribution in [0.4, 0.5) is 4.39 Å². The van der Waals surface area contributed by atoms with Crippen molar-refractivity contribution in [3.05, 3.63) is 68.4 Å². The molecule has 2 rings (SSSR count). The smallest absolute Gasteiger partial charge is 0.242 e. The first-order valence-corrected chi connectivity index (χ1v) is 10.3. The summed E-state index contributed by atoms with van der Waals surface area (Å²) in [5.74, 6) is -1.31. The lowest BCUT2D eigenvalue weighted by Gasteiger charge is -2.29. The summed E-state index contributed by atoms with van der Waals surface area (Å²) in [6, 6.07) is 8.36. The van der Waals surface area contributed by atoms with E-state index in [9.17, 15) is 14.0 Å². The van der Waals surface area contributed by atoms with Crippen molar-refractivity contribution in [2.75, 3.05) is 6.54 Å². The summed E-state index contributed by atoms with van der Waals surface area (Å²) in [6.45, 7) is 4.12. The molecular weight excluding hydrogens is 438 g/mol. The van der Waals surface area contributed by atoms with Crippen LogP contribution < -0.4 is 5.32 Å². The average molecular weight is 460 g/mol. The molecule has 1 atom stereocenters. The average Bonchev–Trinajstić information content (AvgIpc) is 2.67. The van der Waals surface area contributed by atoms with Crippen molar-refractivity contribution in [1.82, 2.24) is 10.2 Å². The van der Waals surface area contributed by atoms with Crippen LogP contribution in [0.2, 0.25) is 15.1 Å². The first-order valence-electron chi connectivity index (χ1n) is 9.18. The number of benzene rings is 2. The molecule has 1 N–H and O–H groups in total. The third kappa shape index (κ3) is 6.33.